The van der Waals surface area contributed by atoms with E-state index in [1.54, 1.807) is 13.8 Å². The van der Waals surface area contributed by atoms with Crippen LogP contribution in [0.5, 0.6) is 0 Å². The van der Waals surface area contributed by atoms with E-state index in [4.69, 9.17) is 14.2 Å². The maximum atomic E-state index is 12.5. The Morgan fingerprint density at radius 1 is 0.920 bits per heavy atom. The second kappa shape index (κ2) is 9.05. The van der Waals surface area contributed by atoms with Gasteiger partial charge in [-0.25, -0.2) is 14.4 Å². The number of esters is 2. The van der Waals surface area contributed by atoms with Gasteiger partial charge in [0.15, 0.2) is 0 Å². The summed E-state index contributed by atoms with van der Waals surface area (Å²) in [6.07, 6.45) is -0.0524. The molecule has 1 fully saturated rings. The summed E-state index contributed by atoms with van der Waals surface area (Å²) in [5.41, 5.74) is 0.815. The molecule has 1 saturated heterocycles. The van der Waals surface area contributed by atoms with Crippen LogP contribution in [0.25, 0.3) is 0 Å². The van der Waals surface area contributed by atoms with Crippen molar-refractivity contribution in [2.45, 2.75) is 45.4 Å². The summed E-state index contributed by atoms with van der Waals surface area (Å²) >= 11 is 0. The van der Waals surface area contributed by atoms with Crippen molar-refractivity contribution in [3.05, 3.63) is 35.9 Å². The van der Waals surface area contributed by atoms with E-state index in [1.807, 2.05) is 30.3 Å². The van der Waals surface area contributed by atoms with Gasteiger partial charge in [-0.05, 0) is 32.3 Å². The first kappa shape index (κ1) is 18.8. The predicted molar refractivity (Wildman–Crippen MR) is 88.5 cm³/mol. The molecule has 2 rings (SSSR count). The fraction of sp³-hybridized carbons (Fsp3) is 0.500. The molecule has 0 spiro atoms. The van der Waals surface area contributed by atoms with Crippen LogP contribution < -0.4 is 0 Å². The Kier molecular flexibility index (Phi) is 6.80. The van der Waals surface area contributed by atoms with E-state index in [-0.39, 0.29) is 19.8 Å². The van der Waals surface area contributed by atoms with Crippen LogP contribution in [0.2, 0.25) is 0 Å². The number of nitrogens with zero attached hydrogens (tertiary/aromatic N) is 1. The number of amides is 1. The van der Waals surface area contributed by atoms with Crippen LogP contribution in [-0.2, 0) is 30.4 Å². The number of ether oxygens (including phenoxy) is 3. The summed E-state index contributed by atoms with van der Waals surface area (Å²) in [6.45, 7) is 3.83. The highest BCUT2D eigenvalue weighted by Gasteiger charge is 2.46. The van der Waals surface area contributed by atoms with E-state index >= 15 is 0 Å². The Hall–Kier alpha value is -2.57. The number of rotatable bonds is 6. The Labute approximate surface area is 146 Å². The van der Waals surface area contributed by atoms with Crippen LogP contribution in [0.1, 0.15) is 32.3 Å². The lowest BCUT2D eigenvalue weighted by Gasteiger charge is -2.27. The van der Waals surface area contributed by atoms with Crippen molar-refractivity contribution in [3.63, 3.8) is 0 Å². The van der Waals surface area contributed by atoms with Crippen LogP contribution >= 0.6 is 0 Å². The monoisotopic (exact) mass is 349 g/mol. The lowest BCUT2D eigenvalue weighted by atomic mass is 10.2. The largest absolute Gasteiger partial charge is 0.464 e. The SMILES string of the molecule is CCOC(=O)[C@H]1CC[C@@H](C(=O)OCC)N1C(=O)OCc1ccccc1. The number of likely N-dealkylation sites (tertiary alicyclic amines) is 1. The molecule has 136 valence electrons. The van der Waals surface area contributed by atoms with Crippen molar-refractivity contribution in [1.82, 2.24) is 4.90 Å². The maximum Gasteiger partial charge on any atom is 0.411 e. The Morgan fingerprint density at radius 3 is 1.92 bits per heavy atom. The molecule has 1 aliphatic heterocycles. The first-order chi connectivity index (χ1) is 12.1. The third-order valence-corrected chi connectivity index (χ3v) is 3.92. The second-order valence-electron chi connectivity index (χ2n) is 5.56. The van der Waals surface area contributed by atoms with Gasteiger partial charge in [-0.2, -0.15) is 0 Å². The van der Waals surface area contributed by atoms with Crippen LogP contribution in [0, 0.1) is 0 Å². The molecule has 7 heteroatoms. The van der Waals surface area contributed by atoms with Gasteiger partial charge in [0, 0.05) is 0 Å². The summed E-state index contributed by atoms with van der Waals surface area (Å²) in [4.78, 5) is 38.0. The van der Waals surface area contributed by atoms with E-state index in [0.717, 1.165) is 10.5 Å². The van der Waals surface area contributed by atoms with Crippen LogP contribution in [-0.4, -0.2) is 48.2 Å². The summed E-state index contributed by atoms with van der Waals surface area (Å²) in [7, 11) is 0. The van der Waals surface area contributed by atoms with Gasteiger partial charge in [-0.15, -0.1) is 0 Å². The highest BCUT2D eigenvalue weighted by Crippen LogP contribution is 2.27. The Balaban J connectivity index is 2.11. The van der Waals surface area contributed by atoms with Crippen molar-refractivity contribution in [2.75, 3.05) is 13.2 Å². The molecular weight excluding hydrogens is 326 g/mol. The molecule has 2 atom stereocenters. The lowest BCUT2D eigenvalue weighted by molar-refractivity contribution is -0.152. The lowest BCUT2D eigenvalue weighted by Crippen LogP contribution is -2.49. The minimum atomic E-state index is -0.836. The minimum Gasteiger partial charge on any atom is -0.464 e. The molecule has 7 nitrogen and oxygen atoms in total. The molecule has 0 unspecified atom stereocenters. The summed E-state index contributed by atoms with van der Waals surface area (Å²) in [5.74, 6) is -1.07. The van der Waals surface area contributed by atoms with Gasteiger partial charge in [0.25, 0.3) is 0 Å². The number of hydrogen-bond donors (Lipinski definition) is 0. The van der Waals surface area contributed by atoms with Crippen molar-refractivity contribution in [3.8, 4) is 0 Å². The first-order valence-corrected chi connectivity index (χ1v) is 8.40. The molecular formula is C18H23NO6. The fourth-order valence-corrected chi connectivity index (χ4v) is 2.80. The Bertz CT molecular complexity index is 577. The highest BCUT2D eigenvalue weighted by atomic mass is 16.6. The molecule has 1 aliphatic rings. The van der Waals surface area contributed by atoms with Gasteiger partial charge >= 0.3 is 18.0 Å². The average Bonchev–Trinajstić information content (AvgIpc) is 3.06. The molecule has 1 amide bonds. The van der Waals surface area contributed by atoms with Crippen molar-refractivity contribution in [1.29, 1.82) is 0 Å². The quantitative estimate of drug-likeness (QED) is 0.579. The van der Waals surface area contributed by atoms with Gasteiger partial charge in [-0.1, -0.05) is 30.3 Å². The van der Waals surface area contributed by atoms with E-state index in [9.17, 15) is 14.4 Å². The van der Waals surface area contributed by atoms with Crippen molar-refractivity contribution in [2.24, 2.45) is 0 Å². The van der Waals surface area contributed by atoms with Crippen LogP contribution in [0.3, 0.4) is 0 Å². The van der Waals surface area contributed by atoms with E-state index in [2.05, 4.69) is 0 Å². The summed E-state index contributed by atoms with van der Waals surface area (Å²) in [6, 6.07) is 7.50. The topological polar surface area (TPSA) is 82.1 Å². The van der Waals surface area contributed by atoms with Crippen LogP contribution in [0.15, 0.2) is 30.3 Å². The third kappa shape index (κ3) is 4.71. The second-order valence-corrected chi connectivity index (χ2v) is 5.56. The molecule has 1 heterocycles. The number of carbonyl (C=O) groups excluding carboxylic acids is 3. The first-order valence-electron chi connectivity index (χ1n) is 8.40. The standard InChI is InChI=1S/C18H23NO6/c1-3-23-16(20)14-10-11-15(17(21)24-4-2)19(14)18(22)25-12-13-8-6-5-7-9-13/h5-9,14-15H,3-4,10-12H2,1-2H3/t14-,15+. The highest BCUT2D eigenvalue weighted by molar-refractivity contribution is 5.88. The molecule has 0 radical (unpaired) electrons. The zero-order valence-corrected chi connectivity index (χ0v) is 14.5. The van der Waals surface area contributed by atoms with Gasteiger partial charge in [0.05, 0.1) is 13.2 Å². The van der Waals surface area contributed by atoms with Gasteiger partial charge in [0.1, 0.15) is 18.7 Å². The Morgan fingerprint density at radius 2 is 1.44 bits per heavy atom. The minimum absolute atomic E-state index is 0.0568. The van der Waals surface area contributed by atoms with E-state index < -0.39 is 30.1 Å². The van der Waals surface area contributed by atoms with Crippen molar-refractivity contribution < 1.29 is 28.6 Å². The molecule has 0 aromatic heterocycles. The van der Waals surface area contributed by atoms with E-state index in [1.165, 1.54) is 0 Å². The molecule has 25 heavy (non-hydrogen) atoms. The summed E-state index contributed by atoms with van der Waals surface area (Å²) < 4.78 is 15.3. The van der Waals surface area contributed by atoms with Gasteiger partial charge in [-0.3, -0.25) is 4.90 Å². The van der Waals surface area contributed by atoms with E-state index in [0.29, 0.717) is 12.8 Å². The zero-order valence-electron chi connectivity index (χ0n) is 14.5. The predicted octanol–water partition coefficient (Wildman–Crippen LogP) is 2.28. The normalized spacial score (nSPS) is 19.4. The van der Waals surface area contributed by atoms with Crippen molar-refractivity contribution >= 4 is 18.0 Å². The molecule has 1 aromatic carbocycles. The fourth-order valence-electron chi connectivity index (χ4n) is 2.80. The number of carbonyl (C=O) groups is 3. The average molecular weight is 349 g/mol. The molecule has 0 aliphatic carbocycles. The molecule has 0 N–H and O–H groups in total. The smallest absolute Gasteiger partial charge is 0.411 e. The van der Waals surface area contributed by atoms with Crippen LogP contribution in [0.4, 0.5) is 4.79 Å². The third-order valence-electron chi connectivity index (χ3n) is 3.92. The number of hydrogen-bond acceptors (Lipinski definition) is 6. The van der Waals surface area contributed by atoms with Gasteiger partial charge < -0.3 is 14.2 Å². The molecule has 0 saturated carbocycles. The molecule has 1 aromatic rings. The van der Waals surface area contributed by atoms with Gasteiger partial charge in [0.2, 0.25) is 0 Å². The number of benzene rings is 1. The summed E-state index contributed by atoms with van der Waals surface area (Å²) in [5, 5.41) is 0. The maximum absolute atomic E-state index is 12.5. The molecule has 0 bridgehead atoms. The zero-order chi connectivity index (χ0) is 18.2.